The lowest BCUT2D eigenvalue weighted by atomic mass is 9.65. The zero-order valence-electron chi connectivity index (χ0n) is 25.2. The number of carbonyl (C=O) groups is 1. The van der Waals surface area contributed by atoms with Crippen LogP contribution in [0.4, 0.5) is 4.79 Å². The Morgan fingerprint density at radius 3 is 2.65 bits per heavy atom. The lowest BCUT2D eigenvalue weighted by molar-refractivity contribution is -0.191. The zero-order valence-corrected chi connectivity index (χ0v) is 25.2. The molecule has 226 valence electrons. The van der Waals surface area contributed by atoms with E-state index in [4.69, 9.17) is 14.2 Å². The summed E-state index contributed by atoms with van der Waals surface area (Å²) in [4.78, 5) is 36.1. The number of benzene rings is 1. The maximum Gasteiger partial charge on any atom is 0.410 e. The molecule has 1 aliphatic heterocycles. The molecule has 9 nitrogen and oxygen atoms in total. The Kier molecular flexibility index (Phi) is 6.95. The molecular formula is C34H40N4O5. The van der Waals surface area contributed by atoms with Crippen molar-refractivity contribution >= 4 is 27.8 Å². The molecule has 1 saturated heterocycles. The average molecular weight is 585 g/mol. The molecule has 3 aliphatic rings. The molecule has 3 aromatic heterocycles. The summed E-state index contributed by atoms with van der Waals surface area (Å²) in [6.07, 6.45) is 10.6. The SMILES string of the molecule is CC(C)(C)OC(=O)N(Cc1cc2ccc(Cn3ccc4c(OC5CC6(COC6)C5)cncc4c3=O)cc2[nH]1)CC1CCC1. The van der Waals surface area contributed by atoms with Gasteiger partial charge in [0.2, 0.25) is 0 Å². The van der Waals surface area contributed by atoms with Gasteiger partial charge < -0.3 is 28.7 Å². The van der Waals surface area contributed by atoms with E-state index in [0.717, 1.165) is 66.4 Å². The van der Waals surface area contributed by atoms with Crippen molar-refractivity contribution in [2.75, 3.05) is 19.8 Å². The first kappa shape index (κ1) is 28.0. The number of hydrogen-bond acceptors (Lipinski definition) is 6. The third-order valence-corrected chi connectivity index (χ3v) is 9.11. The summed E-state index contributed by atoms with van der Waals surface area (Å²) < 4.78 is 19.1. The third kappa shape index (κ3) is 5.75. The highest BCUT2D eigenvalue weighted by Crippen LogP contribution is 2.48. The third-order valence-electron chi connectivity index (χ3n) is 9.11. The van der Waals surface area contributed by atoms with Crippen LogP contribution in [0.1, 0.15) is 64.1 Å². The fourth-order valence-electron chi connectivity index (χ4n) is 6.53. The van der Waals surface area contributed by atoms with E-state index in [2.05, 4.69) is 28.2 Å². The van der Waals surface area contributed by atoms with Crippen LogP contribution in [0.5, 0.6) is 5.75 Å². The van der Waals surface area contributed by atoms with Gasteiger partial charge in [-0.3, -0.25) is 9.78 Å². The number of fused-ring (bicyclic) bond motifs is 2. The molecule has 0 radical (unpaired) electrons. The van der Waals surface area contributed by atoms with Gasteiger partial charge in [0.1, 0.15) is 17.5 Å². The zero-order chi connectivity index (χ0) is 29.8. The second kappa shape index (κ2) is 10.7. The Bertz CT molecular complexity index is 1720. The molecule has 4 aromatic rings. The molecule has 1 aromatic carbocycles. The largest absolute Gasteiger partial charge is 0.488 e. The summed E-state index contributed by atoms with van der Waals surface area (Å²) in [5, 5.41) is 2.41. The molecule has 0 bridgehead atoms. The van der Waals surface area contributed by atoms with Crippen LogP contribution in [0, 0.1) is 11.3 Å². The molecule has 1 spiro atoms. The van der Waals surface area contributed by atoms with Crippen molar-refractivity contribution in [2.24, 2.45) is 11.3 Å². The summed E-state index contributed by atoms with van der Waals surface area (Å²) in [6.45, 7) is 8.95. The second-order valence-electron chi connectivity index (χ2n) is 13.9. The first-order valence-electron chi connectivity index (χ1n) is 15.4. The number of amides is 1. The maximum atomic E-state index is 13.5. The lowest BCUT2D eigenvalue weighted by Gasteiger charge is -2.52. The Balaban J connectivity index is 1.07. The van der Waals surface area contributed by atoms with Gasteiger partial charge in [0.25, 0.3) is 5.56 Å². The summed E-state index contributed by atoms with van der Waals surface area (Å²) in [6, 6.07) is 10.2. The Hall–Kier alpha value is -3.85. The van der Waals surface area contributed by atoms with Crippen LogP contribution in [0.2, 0.25) is 0 Å². The summed E-state index contributed by atoms with van der Waals surface area (Å²) in [5.41, 5.74) is 2.61. The van der Waals surface area contributed by atoms with E-state index in [9.17, 15) is 9.59 Å². The van der Waals surface area contributed by atoms with E-state index in [1.54, 1.807) is 17.0 Å². The molecule has 2 aliphatic carbocycles. The fourth-order valence-corrected chi connectivity index (χ4v) is 6.53. The van der Waals surface area contributed by atoms with Gasteiger partial charge in [-0.1, -0.05) is 18.6 Å². The molecule has 4 heterocycles. The summed E-state index contributed by atoms with van der Waals surface area (Å²) >= 11 is 0. The number of nitrogens with one attached hydrogen (secondary N) is 1. The molecule has 0 atom stereocenters. The van der Waals surface area contributed by atoms with Crippen LogP contribution in [0.15, 0.2) is 53.7 Å². The van der Waals surface area contributed by atoms with Crippen molar-refractivity contribution in [3.8, 4) is 5.75 Å². The van der Waals surface area contributed by atoms with Crippen LogP contribution in [0.25, 0.3) is 21.7 Å². The van der Waals surface area contributed by atoms with Gasteiger partial charge in [-0.05, 0) is 81.5 Å². The van der Waals surface area contributed by atoms with Gasteiger partial charge >= 0.3 is 6.09 Å². The van der Waals surface area contributed by atoms with Crippen LogP contribution >= 0.6 is 0 Å². The van der Waals surface area contributed by atoms with Crippen LogP contribution in [-0.2, 0) is 22.6 Å². The number of aromatic amines is 1. The number of ether oxygens (including phenoxy) is 3. The molecule has 2 saturated carbocycles. The molecule has 9 heteroatoms. The number of H-pyrrole nitrogens is 1. The van der Waals surface area contributed by atoms with Gasteiger partial charge in [0.05, 0.1) is 37.9 Å². The van der Waals surface area contributed by atoms with Gasteiger partial charge in [-0.15, -0.1) is 0 Å². The maximum absolute atomic E-state index is 13.5. The van der Waals surface area contributed by atoms with Crippen LogP contribution in [-0.4, -0.2) is 57.0 Å². The van der Waals surface area contributed by atoms with Gasteiger partial charge in [0.15, 0.2) is 0 Å². The van der Waals surface area contributed by atoms with Crippen molar-refractivity contribution in [3.63, 3.8) is 0 Å². The van der Waals surface area contributed by atoms with E-state index in [0.29, 0.717) is 42.1 Å². The Morgan fingerprint density at radius 2 is 1.95 bits per heavy atom. The number of carbonyl (C=O) groups excluding carboxylic acids is 1. The number of nitrogens with zero attached hydrogens (tertiary/aromatic N) is 3. The molecule has 0 unspecified atom stereocenters. The minimum atomic E-state index is -0.540. The highest BCUT2D eigenvalue weighted by atomic mass is 16.6. The Morgan fingerprint density at radius 1 is 1.14 bits per heavy atom. The van der Waals surface area contributed by atoms with Crippen molar-refractivity contribution in [3.05, 3.63) is 70.5 Å². The van der Waals surface area contributed by atoms with Gasteiger partial charge in [-0.2, -0.15) is 0 Å². The van der Waals surface area contributed by atoms with Gasteiger partial charge in [0, 0.05) is 41.0 Å². The fraction of sp³-hybridized carbons (Fsp3) is 0.500. The lowest BCUT2D eigenvalue weighted by Crippen LogP contribution is -2.56. The molecule has 1 amide bonds. The predicted octanol–water partition coefficient (Wildman–Crippen LogP) is 6.02. The number of hydrogen-bond donors (Lipinski definition) is 1. The summed E-state index contributed by atoms with van der Waals surface area (Å²) in [5.74, 6) is 1.20. The first-order valence-corrected chi connectivity index (χ1v) is 15.4. The minimum absolute atomic E-state index is 0.0933. The predicted molar refractivity (Wildman–Crippen MR) is 164 cm³/mol. The average Bonchev–Trinajstić information content (AvgIpc) is 3.28. The van der Waals surface area contributed by atoms with Crippen LogP contribution < -0.4 is 10.3 Å². The highest BCUT2D eigenvalue weighted by Gasteiger charge is 2.51. The molecule has 1 N–H and O–H groups in total. The minimum Gasteiger partial charge on any atom is -0.488 e. The van der Waals surface area contributed by atoms with E-state index in [-0.39, 0.29) is 17.8 Å². The van der Waals surface area contributed by atoms with Crippen LogP contribution in [0.3, 0.4) is 0 Å². The summed E-state index contributed by atoms with van der Waals surface area (Å²) in [7, 11) is 0. The van der Waals surface area contributed by atoms with Crippen molar-refractivity contribution in [2.45, 2.75) is 77.7 Å². The number of aromatic nitrogens is 3. The van der Waals surface area contributed by atoms with E-state index < -0.39 is 5.60 Å². The second-order valence-corrected chi connectivity index (χ2v) is 13.9. The Labute approximate surface area is 251 Å². The van der Waals surface area contributed by atoms with E-state index in [1.807, 2.05) is 44.0 Å². The van der Waals surface area contributed by atoms with Crippen molar-refractivity contribution in [1.29, 1.82) is 0 Å². The first-order chi connectivity index (χ1) is 20.6. The van der Waals surface area contributed by atoms with E-state index in [1.165, 1.54) is 6.42 Å². The van der Waals surface area contributed by atoms with E-state index >= 15 is 0 Å². The topological polar surface area (TPSA) is 98.7 Å². The molecule has 7 rings (SSSR count). The standard InChI is InChI=1S/C34H40N4O5/c1-33(2,3)43-32(40)38(17-22-5-4-6-22)19-25-12-24-8-7-23(11-29(24)36-25)18-37-10-9-27-28(31(37)39)15-35-16-30(27)42-26-13-34(14-26)20-41-21-34/h7-12,15-16,22,26,36H,4-6,13-14,17-21H2,1-3H3. The molecule has 3 fully saturated rings. The normalized spacial score (nSPS) is 18.3. The van der Waals surface area contributed by atoms with Crippen molar-refractivity contribution in [1.82, 2.24) is 19.4 Å². The smallest absolute Gasteiger partial charge is 0.410 e. The number of rotatable bonds is 8. The highest BCUT2D eigenvalue weighted by molar-refractivity contribution is 5.86. The molecular weight excluding hydrogens is 544 g/mol. The van der Waals surface area contributed by atoms with Gasteiger partial charge in [-0.25, -0.2) is 4.79 Å². The molecule has 43 heavy (non-hydrogen) atoms. The number of pyridine rings is 2. The van der Waals surface area contributed by atoms with Crippen molar-refractivity contribution < 1.29 is 19.0 Å². The monoisotopic (exact) mass is 584 g/mol. The quantitative estimate of drug-likeness (QED) is 0.272.